The summed E-state index contributed by atoms with van der Waals surface area (Å²) in [6.07, 6.45) is -4.30. The van der Waals surface area contributed by atoms with Crippen LogP contribution >= 0.6 is 0 Å². The van der Waals surface area contributed by atoms with Crippen molar-refractivity contribution in [3.8, 4) is 0 Å². The minimum absolute atomic E-state index is 0.00223. The van der Waals surface area contributed by atoms with E-state index in [2.05, 4.69) is 9.97 Å². The van der Waals surface area contributed by atoms with Gasteiger partial charge in [-0.2, -0.15) is 13.2 Å². The summed E-state index contributed by atoms with van der Waals surface area (Å²) < 4.78 is 38.9. The Balaban J connectivity index is 2.10. The molecule has 1 saturated carbocycles. The predicted octanol–water partition coefficient (Wildman–Crippen LogP) is 2.86. The first-order valence-corrected chi connectivity index (χ1v) is 5.64. The molecule has 1 aliphatic rings. The minimum atomic E-state index is -4.34. The molecule has 1 fully saturated rings. The average molecular weight is 270 g/mol. The van der Waals surface area contributed by atoms with E-state index in [1.54, 1.807) is 0 Å². The van der Waals surface area contributed by atoms with Crippen molar-refractivity contribution in [3.05, 3.63) is 29.6 Å². The number of benzene rings is 1. The molecule has 0 spiro atoms. The third-order valence-corrected chi connectivity index (χ3v) is 3.48. The quantitative estimate of drug-likeness (QED) is 0.881. The smallest absolute Gasteiger partial charge is 0.401 e. The van der Waals surface area contributed by atoms with E-state index in [0.29, 0.717) is 5.52 Å². The van der Waals surface area contributed by atoms with Crippen molar-refractivity contribution in [1.29, 1.82) is 0 Å². The van der Waals surface area contributed by atoms with Crippen LogP contribution in [0.1, 0.15) is 29.0 Å². The van der Waals surface area contributed by atoms with Crippen LogP contribution in [0.25, 0.3) is 11.0 Å². The van der Waals surface area contributed by atoms with E-state index in [1.807, 2.05) is 0 Å². The van der Waals surface area contributed by atoms with E-state index in [-0.39, 0.29) is 29.7 Å². The summed E-state index contributed by atoms with van der Waals surface area (Å²) in [5.74, 6) is -1.26. The molecule has 1 aliphatic carbocycles. The normalized spacial score (nSPS) is 17.6. The van der Waals surface area contributed by atoms with Crippen molar-refractivity contribution in [2.45, 2.75) is 24.4 Å². The summed E-state index contributed by atoms with van der Waals surface area (Å²) in [4.78, 5) is 17.4. The molecular weight excluding hydrogens is 261 g/mol. The standard InChI is InChI=1S/C12H9F3N2O2/c13-12(14,15)11(3-4-11)10-16-7-2-1-6(9(18)19)5-8(7)17-10/h1-2,5H,3-4H2,(H,16,17)(H,18,19). The molecule has 3 rings (SSSR count). The van der Waals surface area contributed by atoms with E-state index in [4.69, 9.17) is 5.11 Å². The molecule has 1 aromatic heterocycles. The molecule has 0 atom stereocenters. The maximum Gasteiger partial charge on any atom is 0.401 e. The molecule has 19 heavy (non-hydrogen) atoms. The Hall–Kier alpha value is -2.05. The number of aromatic nitrogens is 2. The van der Waals surface area contributed by atoms with Gasteiger partial charge in [-0.05, 0) is 31.0 Å². The summed E-state index contributed by atoms with van der Waals surface area (Å²) in [7, 11) is 0. The van der Waals surface area contributed by atoms with Crippen molar-refractivity contribution in [2.24, 2.45) is 0 Å². The molecule has 4 nitrogen and oxygen atoms in total. The summed E-state index contributed by atoms with van der Waals surface area (Å²) in [5.41, 5.74) is -1.22. The molecule has 1 heterocycles. The molecule has 1 aromatic carbocycles. The molecule has 2 aromatic rings. The highest BCUT2D eigenvalue weighted by atomic mass is 19.4. The molecule has 0 aliphatic heterocycles. The van der Waals surface area contributed by atoms with Gasteiger partial charge in [0.05, 0.1) is 16.6 Å². The SMILES string of the molecule is O=C(O)c1ccc2[nH]c(C3(C(F)(F)F)CC3)nc2c1. The third-order valence-electron chi connectivity index (χ3n) is 3.48. The lowest BCUT2D eigenvalue weighted by Gasteiger charge is -2.16. The monoisotopic (exact) mass is 270 g/mol. The summed E-state index contributed by atoms with van der Waals surface area (Å²) in [5, 5.41) is 8.83. The Morgan fingerprint density at radius 1 is 1.37 bits per heavy atom. The number of hydrogen-bond donors (Lipinski definition) is 2. The van der Waals surface area contributed by atoms with Crippen LogP contribution in [-0.2, 0) is 5.41 Å². The maximum absolute atomic E-state index is 13.0. The van der Waals surface area contributed by atoms with E-state index in [0.717, 1.165) is 0 Å². The zero-order chi connectivity index (χ0) is 13.8. The van der Waals surface area contributed by atoms with Crippen LogP contribution in [0.15, 0.2) is 18.2 Å². The number of carboxylic acid groups (broad SMARTS) is 1. The topological polar surface area (TPSA) is 66.0 Å². The molecular formula is C12H9F3N2O2. The summed E-state index contributed by atoms with van der Waals surface area (Å²) >= 11 is 0. The largest absolute Gasteiger partial charge is 0.478 e. The van der Waals surface area contributed by atoms with Gasteiger partial charge in [0.25, 0.3) is 0 Å². The van der Waals surface area contributed by atoms with Gasteiger partial charge in [-0.25, -0.2) is 9.78 Å². The molecule has 0 saturated heterocycles. The molecule has 0 bridgehead atoms. The fourth-order valence-corrected chi connectivity index (χ4v) is 2.15. The van der Waals surface area contributed by atoms with Gasteiger partial charge in [-0.15, -0.1) is 0 Å². The molecule has 2 N–H and O–H groups in total. The van der Waals surface area contributed by atoms with Gasteiger partial charge in [0.2, 0.25) is 0 Å². The number of H-pyrrole nitrogens is 1. The number of carboxylic acids is 1. The lowest BCUT2D eigenvalue weighted by Crippen LogP contribution is -2.29. The van der Waals surface area contributed by atoms with Gasteiger partial charge in [-0.1, -0.05) is 0 Å². The number of fused-ring (bicyclic) bond motifs is 1. The first kappa shape index (κ1) is 12.0. The van der Waals surface area contributed by atoms with Crippen molar-refractivity contribution >= 4 is 17.0 Å². The number of rotatable bonds is 2. The van der Waals surface area contributed by atoms with Crippen molar-refractivity contribution in [2.75, 3.05) is 0 Å². The van der Waals surface area contributed by atoms with Crippen LogP contribution in [0.3, 0.4) is 0 Å². The highest BCUT2D eigenvalue weighted by Crippen LogP contribution is 2.58. The number of carbonyl (C=O) groups is 1. The van der Waals surface area contributed by atoms with Gasteiger partial charge in [-0.3, -0.25) is 0 Å². The number of hydrogen-bond acceptors (Lipinski definition) is 2. The fourth-order valence-electron chi connectivity index (χ4n) is 2.15. The number of imidazole rings is 1. The minimum Gasteiger partial charge on any atom is -0.478 e. The number of nitrogens with zero attached hydrogens (tertiary/aromatic N) is 1. The number of alkyl halides is 3. The van der Waals surface area contributed by atoms with Crippen LogP contribution in [0.2, 0.25) is 0 Å². The summed E-state index contributed by atoms with van der Waals surface area (Å²) in [6, 6.07) is 4.03. The van der Waals surface area contributed by atoms with Gasteiger partial charge < -0.3 is 10.1 Å². The first-order valence-electron chi connectivity index (χ1n) is 5.64. The fraction of sp³-hybridized carbons (Fsp3) is 0.333. The highest BCUT2D eigenvalue weighted by Gasteiger charge is 2.66. The predicted molar refractivity (Wildman–Crippen MR) is 60.0 cm³/mol. The van der Waals surface area contributed by atoms with Crippen LogP contribution in [0.5, 0.6) is 0 Å². The zero-order valence-corrected chi connectivity index (χ0v) is 9.58. The van der Waals surface area contributed by atoms with Crippen LogP contribution in [0.4, 0.5) is 13.2 Å². The molecule has 7 heteroatoms. The lowest BCUT2D eigenvalue weighted by atomic mass is 10.1. The van der Waals surface area contributed by atoms with Gasteiger partial charge >= 0.3 is 12.1 Å². The Kier molecular flexibility index (Phi) is 2.21. The van der Waals surface area contributed by atoms with Gasteiger partial charge in [0, 0.05) is 0 Å². The lowest BCUT2D eigenvalue weighted by molar-refractivity contribution is -0.162. The number of halogens is 3. The second-order valence-corrected chi connectivity index (χ2v) is 4.70. The van der Waals surface area contributed by atoms with E-state index in [1.165, 1.54) is 18.2 Å². The van der Waals surface area contributed by atoms with Crippen molar-refractivity contribution in [1.82, 2.24) is 9.97 Å². The average Bonchev–Trinajstić information content (AvgIpc) is 3.03. The van der Waals surface area contributed by atoms with E-state index < -0.39 is 17.6 Å². The number of nitrogens with one attached hydrogen (secondary N) is 1. The maximum atomic E-state index is 13.0. The Bertz CT molecular complexity index is 671. The number of aromatic amines is 1. The van der Waals surface area contributed by atoms with Gasteiger partial charge in [0.1, 0.15) is 11.2 Å². The third kappa shape index (κ3) is 1.68. The second kappa shape index (κ2) is 3.49. The Morgan fingerprint density at radius 3 is 2.58 bits per heavy atom. The van der Waals surface area contributed by atoms with E-state index in [9.17, 15) is 18.0 Å². The van der Waals surface area contributed by atoms with E-state index >= 15 is 0 Å². The highest BCUT2D eigenvalue weighted by molar-refractivity contribution is 5.92. The molecule has 100 valence electrons. The molecule has 0 radical (unpaired) electrons. The van der Waals surface area contributed by atoms with Crippen molar-refractivity contribution in [3.63, 3.8) is 0 Å². The first-order chi connectivity index (χ1) is 8.83. The van der Waals surface area contributed by atoms with Crippen LogP contribution in [0, 0.1) is 0 Å². The molecule has 0 unspecified atom stereocenters. The second-order valence-electron chi connectivity index (χ2n) is 4.70. The Morgan fingerprint density at radius 2 is 2.05 bits per heavy atom. The molecule has 0 amide bonds. The zero-order valence-electron chi connectivity index (χ0n) is 9.58. The van der Waals surface area contributed by atoms with Crippen LogP contribution < -0.4 is 0 Å². The number of aromatic carboxylic acids is 1. The Labute approximate surface area is 105 Å². The summed E-state index contributed by atoms with van der Waals surface area (Å²) in [6.45, 7) is 0. The van der Waals surface area contributed by atoms with Crippen LogP contribution in [-0.4, -0.2) is 27.2 Å². The van der Waals surface area contributed by atoms with Crippen molar-refractivity contribution < 1.29 is 23.1 Å². The van der Waals surface area contributed by atoms with Gasteiger partial charge in [0.15, 0.2) is 0 Å².